The lowest BCUT2D eigenvalue weighted by atomic mass is 10.2. The van der Waals surface area contributed by atoms with Crippen molar-refractivity contribution in [1.29, 1.82) is 0 Å². The number of rotatable bonds is 4. The Bertz CT molecular complexity index is 672. The predicted octanol–water partition coefficient (Wildman–Crippen LogP) is 0.343. The Kier molecular flexibility index (Phi) is 4.73. The molecule has 6 nitrogen and oxygen atoms in total. The number of quaternary nitrogens is 1. The molecule has 0 aliphatic carbocycles. The Morgan fingerprint density at radius 1 is 1.26 bits per heavy atom. The highest BCUT2D eigenvalue weighted by Gasteiger charge is 2.19. The van der Waals surface area contributed by atoms with Crippen molar-refractivity contribution in [2.45, 2.75) is 13.8 Å². The summed E-state index contributed by atoms with van der Waals surface area (Å²) in [6.07, 6.45) is 0. The average Bonchev–Trinajstić information content (AvgIpc) is 2.89. The number of aryl methyl sites for hydroxylation is 2. The first-order valence-electron chi connectivity index (χ1n) is 7.97. The van der Waals surface area contributed by atoms with E-state index in [-0.39, 0.29) is 5.91 Å². The van der Waals surface area contributed by atoms with Crippen LogP contribution < -0.4 is 10.2 Å². The SMILES string of the molecule is Cc1ccc(-n2nc(C)cc2NC(=O)C[NH+]2CCOCC2)cc1. The van der Waals surface area contributed by atoms with Crippen LogP contribution in [0.3, 0.4) is 0 Å². The lowest BCUT2D eigenvalue weighted by molar-refractivity contribution is -0.899. The highest BCUT2D eigenvalue weighted by atomic mass is 16.5. The van der Waals surface area contributed by atoms with Gasteiger partial charge in [-0.2, -0.15) is 5.10 Å². The molecule has 0 radical (unpaired) electrons. The molecule has 0 unspecified atom stereocenters. The van der Waals surface area contributed by atoms with Gasteiger partial charge in [-0.1, -0.05) is 17.7 Å². The van der Waals surface area contributed by atoms with Gasteiger partial charge in [0.05, 0.1) is 24.6 Å². The fourth-order valence-electron chi connectivity index (χ4n) is 2.72. The second-order valence-electron chi connectivity index (χ2n) is 6.01. The zero-order valence-electron chi connectivity index (χ0n) is 13.6. The third-order valence-electron chi connectivity index (χ3n) is 3.99. The molecular weight excluding hydrogens is 292 g/mol. The molecule has 1 aliphatic rings. The van der Waals surface area contributed by atoms with Gasteiger partial charge in [0.2, 0.25) is 0 Å². The molecule has 0 bridgehead atoms. The van der Waals surface area contributed by atoms with Crippen molar-refractivity contribution in [2.24, 2.45) is 0 Å². The lowest BCUT2D eigenvalue weighted by Gasteiger charge is -2.23. The van der Waals surface area contributed by atoms with E-state index in [9.17, 15) is 4.79 Å². The van der Waals surface area contributed by atoms with E-state index in [2.05, 4.69) is 10.4 Å². The number of ether oxygens (including phenoxy) is 1. The molecule has 1 aliphatic heterocycles. The largest absolute Gasteiger partial charge is 0.370 e. The van der Waals surface area contributed by atoms with Crippen LogP contribution in [0.1, 0.15) is 11.3 Å². The monoisotopic (exact) mass is 315 g/mol. The summed E-state index contributed by atoms with van der Waals surface area (Å²) in [7, 11) is 0. The van der Waals surface area contributed by atoms with Crippen LogP contribution in [0.5, 0.6) is 0 Å². The highest BCUT2D eigenvalue weighted by molar-refractivity contribution is 5.91. The van der Waals surface area contributed by atoms with Gasteiger partial charge in [-0.3, -0.25) is 4.79 Å². The fraction of sp³-hybridized carbons (Fsp3) is 0.412. The minimum atomic E-state index is 0.00941. The van der Waals surface area contributed by atoms with Crippen LogP contribution in [-0.4, -0.2) is 48.5 Å². The zero-order chi connectivity index (χ0) is 16.2. The van der Waals surface area contributed by atoms with E-state index in [1.54, 1.807) is 4.68 Å². The molecule has 1 fully saturated rings. The summed E-state index contributed by atoms with van der Waals surface area (Å²) in [5, 5.41) is 7.48. The Morgan fingerprint density at radius 2 is 1.96 bits per heavy atom. The molecule has 2 heterocycles. The molecule has 2 N–H and O–H groups in total. The van der Waals surface area contributed by atoms with E-state index < -0.39 is 0 Å². The maximum Gasteiger partial charge on any atom is 0.280 e. The molecule has 6 heteroatoms. The average molecular weight is 315 g/mol. The molecular formula is C17H23N4O2+. The van der Waals surface area contributed by atoms with Gasteiger partial charge in [0.1, 0.15) is 18.9 Å². The van der Waals surface area contributed by atoms with Crippen LogP contribution in [-0.2, 0) is 9.53 Å². The lowest BCUT2D eigenvalue weighted by Crippen LogP contribution is -3.15. The van der Waals surface area contributed by atoms with Crippen molar-refractivity contribution in [3.8, 4) is 5.69 Å². The van der Waals surface area contributed by atoms with Gasteiger partial charge in [-0.05, 0) is 26.0 Å². The van der Waals surface area contributed by atoms with Crippen LogP contribution in [0.2, 0.25) is 0 Å². The summed E-state index contributed by atoms with van der Waals surface area (Å²) in [5.41, 5.74) is 3.01. The number of hydrogen-bond acceptors (Lipinski definition) is 3. The Labute approximate surface area is 136 Å². The van der Waals surface area contributed by atoms with Gasteiger partial charge in [0.25, 0.3) is 5.91 Å². The van der Waals surface area contributed by atoms with Gasteiger partial charge in [0, 0.05) is 6.07 Å². The standard InChI is InChI=1S/C17H22N4O2/c1-13-3-5-15(6-4-13)21-16(11-14(2)19-21)18-17(22)12-20-7-9-23-10-8-20/h3-6,11H,7-10,12H2,1-2H3,(H,18,22)/p+1. The molecule has 122 valence electrons. The Hall–Kier alpha value is -2.18. The van der Waals surface area contributed by atoms with Gasteiger partial charge in [-0.15, -0.1) is 0 Å². The van der Waals surface area contributed by atoms with Crippen molar-refractivity contribution >= 4 is 11.7 Å². The number of carbonyl (C=O) groups excluding carboxylic acids is 1. The summed E-state index contributed by atoms with van der Waals surface area (Å²) in [5.74, 6) is 0.721. The van der Waals surface area contributed by atoms with Crippen LogP contribution in [0.25, 0.3) is 5.69 Å². The van der Waals surface area contributed by atoms with Gasteiger partial charge in [0.15, 0.2) is 6.54 Å². The van der Waals surface area contributed by atoms with E-state index in [1.807, 2.05) is 44.2 Å². The number of nitrogens with one attached hydrogen (secondary N) is 2. The number of benzene rings is 1. The van der Waals surface area contributed by atoms with Crippen molar-refractivity contribution in [1.82, 2.24) is 9.78 Å². The number of amides is 1. The summed E-state index contributed by atoms with van der Waals surface area (Å²) in [6.45, 7) is 7.64. The summed E-state index contributed by atoms with van der Waals surface area (Å²) >= 11 is 0. The second kappa shape index (κ2) is 6.93. The molecule has 1 amide bonds. The predicted molar refractivity (Wildman–Crippen MR) is 88.1 cm³/mol. The molecule has 23 heavy (non-hydrogen) atoms. The van der Waals surface area contributed by atoms with Crippen LogP contribution in [0.4, 0.5) is 5.82 Å². The van der Waals surface area contributed by atoms with E-state index >= 15 is 0 Å². The summed E-state index contributed by atoms with van der Waals surface area (Å²) < 4.78 is 7.10. The first kappa shape index (κ1) is 15.7. The maximum absolute atomic E-state index is 12.3. The van der Waals surface area contributed by atoms with Crippen molar-refractivity contribution in [3.05, 3.63) is 41.6 Å². The van der Waals surface area contributed by atoms with Crippen LogP contribution >= 0.6 is 0 Å². The summed E-state index contributed by atoms with van der Waals surface area (Å²) in [6, 6.07) is 9.98. The van der Waals surface area contributed by atoms with Crippen LogP contribution in [0.15, 0.2) is 30.3 Å². The smallest absolute Gasteiger partial charge is 0.280 e. The first-order chi connectivity index (χ1) is 11.1. The van der Waals surface area contributed by atoms with Crippen molar-refractivity contribution in [3.63, 3.8) is 0 Å². The molecule has 0 atom stereocenters. The number of morpholine rings is 1. The number of nitrogens with zero attached hydrogens (tertiary/aromatic N) is 2. The molecule has 0 saturated carbocycles. The molecule has 1 aromatic heterocycles. The van der Waals surface area contributed by atoms with E-state index in [0.717, 1.165) is 37.7 Å². The number of hydrogen-bond donors (Lipinski definition) is 2. The highest BCUT2D eigenvalue weighted by Crippen LogP contribution is 2.17. The number of carbonyl (C=O) groups is 1. The van der Waals surface area contributed by atoms with Gasteiger partial charge in [-0.25, -0.2) is 4.68 Å². The third-order valence-corrected chi connectivity index (χ3v) is 3.99. The zero-order valence-corrected chi connectivity index (χ0v) is 13.6. The minimum Gasteiger partial charge on any atom is -0.370 e. The van der Waals surface area contributed by atoms with Crippen LogP contribution in [0, 0.1) is 13.8 Å². The second-order valence-corrected chi connectivity index (χ2v) is 6.01. The molecule has 2 aromatic rings. The normalized spacial score (nSPS) is 15.6. The molecule has 1 aromatic carbocycles. The summed E-state index contributed by atoms with van der Waals surface area (Å²) in [4.78, 5) is 13.6. The van der Waals surface area contributed by atoms with E-state index in [1.165, 1.54) is 10.5 Å². The maximum atomic E-state index is 12.3. The quantitative estimate of drug-likeness (QED) is 0.855. The minimum absolute atomic E-state index is 0.00941. The van der Waals surface area contributed by atoms with E-state index in [0.29, 0.717) is 12.4 Å². The third kappa shape index (κ3) is 3.97. The first-order valence-corrected chi connectivity index (χ1v) is 7.97. The topological polar surface area (TPSA) is 60.6 Å². The number of aromatic nitrogens is 2. The molecule has 3 rings (SSSR count). The Morgan fingerprint density at radius 3 is 2.65 bits per heavy atom. The Balaban J connectivity index is 1.72. The molecule has 0 spiro atoms. The van der Waals surface area contributed by atoms with Crippen molar-refractivity contribution < 1.29 is 14.4 Å². The van der Waals surface area contributed by atoms with Gasteiger partial charge >= 0.3 is 0 Å². The fourth-order valence-corrected chi connectivity index (χ4v) is 2.72. The number of anilines is 1. The molecule has 1 saturated heterocycles. The van der Waals surface area contributed by atoms with Crippen molar-refractivity contribution in [2.75, 3.05) is 38.2 Å². The van der Waals surface area contributed by atoms with Gasteiger partial charge < -0.3 is 15.0 Å². The van der Waals surface area contributed by atoms with E-state index in [4.69, 9.17) is 4.74 Å².